The van der Waals surface area contributed by atoms with Gasteiger partial charge in [-0.3, -0.25) is 0 Å². The Hall–Kier alpha value is 1.60. The van der Waals surface area contributed by atoms with E-state index in [-0.39, 0.29) is 69.1 Å². The fourth-order valence-corrected chi connectivity index (χ4v) is 9.81. The molecule has 5 saturated heterocycles. The third-order valence-electron chi connectivity index (χ3n) is 10.9. The van der Waals surface area contributed by atoms with Gasteiger partial charge in [0.05, 0.1) is 58.0 Å². The van der Waals surface area contributed by atoms with Crippen LogP contribution in [0.3, 0.4) is 0 Å². The molecule has 2 N–H and O–H groups in total. The van der Waals surface area contributed by atoms with E-state index in [4.69, 9.17) is 74.5 Å². The van der Waals surface area contributed by atoms with Crippen molar-refractivity contribution in [3.63, 3.8) is 0 Å². The van der Waals surface area contributed by atoms with E-state index in [1.54, 1.807) is 6.08 Å². The summed E-state index contributed by atoms with van der Waals surface area (Å²) >= 11 is 0. The van der Waals surface area contributed by atoms with Gasteiger partial charge in [-0.1, -0.05) is 26.8 Å². The minimum Gasteiger partial charge on any atom is -0.394 e. The minimum atomic E-state index is -0.934. The fraction of sp³-hybridized carbons (Fsp3) is 0.938. The zero-order valence-electron chi connectivity index (χ0n) is 31.7. The van der Waals surface area contributed by atoms with Gasteiger partial charge in [-0.15, -0.1) is 6.58 Å². The number of aliphatic hydroxyl groups excluding tert-OH is 2. The van der Waals surface area contributed by atoms with Gasteiger partial charge in [0.2, 0.25) is 0 Å². The first-order valence-corrected chi connectivity index (χ1v) is 21.3. The van der Waals surface area contributed by atoms with E-state index in [1.807, 2.05) is 20.8 Å². The largest absolute Gasteiger partial charge is 0.394 e. The molecule has 5 aliphatic rings. The minimum absolute atomic E-state index is 0.0199. The van der Waals surface area contributed by atoms with E-state index in [0.717, 1.165) is 0 Å². The lowest BCUT2D eigenvalue weighted by Crippen LogP contribution is -2.42. The summed E-state index contributed by atoms with van der Waals surface area (Å²) in [5, 5.41) is 19.8. The topological polar surface area (TPSA) is 188 Å². The highest BCUT2D eigenvalue weighted by molar-refractivity contribution is 7.10. The molecule has 0 bridgehead atoms. The molecule has 5 aliphatic heterocycles. The smallest absolute Gasteiger partial charge is 0.187 e. The molecule has 5 rings (SSSR count). The molecule has 0 aliphatic carbocycles. The van der Waals surface area contributed by atoms with E-state index < -0.39 is 86.4 Å². The highest BCUT2D eigenvalue weighted by Crippen LogP contribution is 2.40. The molecule has 26 unspecified atom stereocenters. The SMILES string of the molecule is C=CCCOC1OC(COC2OC(COC3OC(COC4OC(CO)C(OP)C4OP)C(OC4OC(CO)C(OP)C4OP)C3C)C(OP)C2C)C(OP)C1C. The van der Waals surface area contributed by atoms with Crippen LogP contribution in [0.2, 0.25) is 0 Å². The maximum atomic E-state index is 9.96. The second-order valence-electron chi connectivity index (χ2n) is 14.3. The van der Waals surface area contributed by atoms with Gasteiger partial charge < -0.3 is 84.7 Å². The molecule has 0 aromatic rings. The van der Waals surface area contributed by atoms with Crippen molar-refractivity contribution in [2.75, 3.05) is 39.6 Å². The van der Waals surface area contributed by atoms with Crippen molar-refractivity contribution >= 4 is 56.8 Å². The zero-order chi connectivity index (χ0) is 40.5. The number of ether oxygens (including phenoxy) is 10. The first-order valence-electron chi connectivity index (χ1n) is 18.5. The highest BCUT2D eigenvalue weighted by atomic mass is 31.0. The molecule has 0 saturated carbocycles. The van der Waals surface area contributed by atoms with Crippen LogP contribution < -0.4 is 0 Å². The Kier molecular flexibility index (Phi) is 20.7. The number of rotatable bonds is 23. The first-order chi connectivity index (χ1) is 27.1. The van der Waals surface area contributed by atoms with Crippen LogP contribution in [0.5, 0.6) is 0 Å². The van der Waals surface area contributed by atoms with Crippen LogP contribution in [-0.4, -0.2) is 155 Å². The molecule has 24 heteroatoms. The summed E-state index contributed by atoms with van der Waals surface area (Å²) in [5.74, 6) is -0.562. The van der Waals surface area contributed by atoms with Crippen molar-refractivity contribution in [1.29, 1.82) is 0 Å². The van der Waals surface area contributed by atoms with Crippen LogP contribution in [0, 0.1) is 17.8 Å². The molecule has 26 atom stereocenters. The Morgan fingerprint density at radius 2 is 0.821 bits per heavy atom. The molecule has 0 aromatic heterocycles. The Balaban J connectivity index is 1.23. The molecule has 0 amide bonds. The Morgan fingerprint density at radius 3 is 1.25 bits per heavy atom. The maximum Gasteiger partial charge on any atom is 0.187 e. The standard InChI is InChI=1S/C32H60O18P6/c1-5-6-7-35-28-14(3)22(45-51)19(42-28)11-37-30-15(4)23(46-52)20(43-30)12-36-29-13(2)21(44-32-27(50-56)25(48-54)17(9-34)40-32)18(41-29)10-38-31-26(49-55)24(47-53)16(8-33)39-31/h5,13-34H,1,6-12,51-56H2,2-4H3. The van der Waals surface area contributed by atoms with Crippen LogP contribution in [0.4, 0.5) is 0 Å². The van der Waals surface area contributed by atoms with Gasteiger partial charge in [-0.05, 0) is 6.42 Å². The fourth-order valence-electron chi connectivity index (χ4n) is 7.74. The molecule has 326 valence electrons. The lowest BCUT2D eigenvalue weighted by molar-refractivity contribution is -0.225. The third kappa shape index (κ3) is 11.2. The van der Waals surface area contributed by atoms with Crippen LogP contribution >= 0.6 is 56.8 Å². The van der Waals surface area contributed by atoms with Gasteiger partial charge in [0.1, 0.15) is 54.9 Å². The summed E-state index contributed by atoms with van der Waals surface area (Å²) in [4.78, 5) is 0. The second kappa shape index (κ2) is 23.9. The van der Waals surface area contributed by atoms with Crippen molar-refractivity contribution in [2.45, 2.75) is 132 Å². The van der Waals surface area contributed by atoms with Gasteiger partial charge in [0.25, 0.3) is 0 Å². The number of hydrogen-bond acceptors (Lipinski definition) is 18. The predicted octanol–water partition coefficient (Wildman–Crippen LogP) is 1.58. The summed E-state index contributed by atoms with van der Waals surface area (Å²) in [5.41, 5.74) is 0. The van der Waals surface area contributed by atoms with Crippen molar-refractivity contribution < 1.29 is 84.7 Å². The molecule has 0 aromatic carbocycles. The molecule has 18 nitrogen and oxygen atoms in total. The zero-order valence-corrected chi connectivity index (χ0v) is 38.6. The lowest BCUT2D eigenvalue weighted by Gasteiger charge is -2.28. The highest BCUT2D eigenvalue weighted by Gasteiger charge is 2.54. The average Bonchev–Trinajstić information content (AvgIpc) is 3.98. The van der Waals surface area contributed by atoms with Gasteiger partial charge >= 0.3 is 0 Å². The predicted molar refractivity (Wildman–Crippen MR) is 216 cm³/mol. The van der Waals surface area contributed by atoms with Crippen LogP contribution in [0.1, 0.15) is 27.2 Å². The third-order valence-corrected chi connectivity index (χ3v) is 12.8. The summed E-state index contributed by atoms with van der Waals surface area (Å²) in [6.45, 7) is 9.83. The van der Waals surface area contributed by atoms with Crippen LogP contribution in [0.15, 0.2) is 12.7 Å². The monoisotopic (exact) mass is 918 g/mol. The van der Waals surface area contributed by atoms with E-state index >= 15 is 0 Å². The van der Waals surface area contributed by atoms with Crippen molar-refractivity contribution in [3.05, 3.63) is 12.7 Å². The number of aliphatic hydroxyl groups is 2. The van der Waals surface area contributed by atoms with Gasteiger partial charge in [-0.25, -0.2) is 0 Å². The molecule has 0 spiro atoms. The summed E-state index contributed by atoms with van der Waals surface area (Å²) < 4.78 is 95.8. The van der Waals surface area contributed by atoms with E-state index in [0.29, 0.717) is 13.0 Å². The van der Waals surface area contributed by atoms with Crippen molar-refractivity contribution in [2.24, 2.45) is 17.8 Å². The van der Waals surface area contributed by atoms with Crippen molar-refractivity contribution in [1.82, 2.24) is 0 Å². The first kappa shape index (κ1) is 48.6. The quantitative estimate of drug-likeness (QED) is 0.0854. The van der Waals surface area contributed by atoms with Crippen LogP contribution in [0.25, 0.3) is 0 Å². The average molecular weight is 919 g/mol. The summed E-state index contributed by atoms with van der Waals surface area (Å²) in [7, 11) is 13.4. The summed E-state index contributed by atoms with van der Waals surface area (Å²) in [6, 6.07) is 0. The van der Waals surface area contributed by atoms with E-state index in [2.05, 4.69) is 63.4 Å². The lowest BCUT2D eigenvalue weighted by atomic mass is 10.0. The normalized spacial score (nSPS) is 45.3. The Bertz CT molecular complexity index is 1180. The molecular weight excluding hydrogens is 858 g/mol. The van der Waals surface area contributed by atoms with E-state index in [1.165, 1.54) is 0 Å². The molecule has 56 heavy (non-hydrogen) atoms. The van der Waals surface area contributed by atoms with Crippen LogP contribution in [-0.2, 0) is 74.5 Å². The van der Waals surface area contributed by atoms with Crippen molar-refractivity contribution in [3.8, 4) is 0 Å². The molecule has 0 radical (unpaired) electrons. The van der Waals surface area contributed by atoms with Gasteiger partial charge in [0, 0.05) is 74.6 Å². The molecular formula is C32H60O18P6. The maximum absolute atomic E-state index is 9.96. The van der Waals surface area contributed by atoms with E-state index in [9.17, 15) is 10.2 Å². The Labute approximate surface area is 342 Å². The van der Waals surface area contributed by atoms with Gasteiger partial charge in [0.15, 0.2) is 31.5 Å². The second-order valence-corrected chi connectivity index (χ2v) is 15.9. The number of hydrogen-bond donors (Lipinski definition) is 2. The van der Waals surface area contributed by atoms with Gasteiger partial charge in [-0.2, -0.15) is 0 Å². The Morgan fingerprint density at radius 1 is 0.464 bits per heavy atom. The molecule has 5 fully saturated rings. The molecule has 5 heterocycles. The summed E-state index contributed by atoms with van der Waals surface area (Å²) in [6.07, 6.45) is -8.04.